The summed E-state index contributed by atoms with van der Waals surface area (Å²) >= 11 is 2.35. The van der Waals surface area contributed by atoms with Crippen LogP contribution in [-0.2, 0) is 9.47 Å². The molecule has 0 aliphatic carbocycles. The summed E-state index contributed by atoms with van der Waals surface area (Å²) in [6.45, 7) is 3.74. The van der Waals surface area contributed by atoms with Gasteiger partial charge in [0, 0.05) is 27.7 Å². The number of hydrogen-bond acceptors (Lipinski definition) is 5. The van der Waals surface area contributed by atoms with Crippen LogP contribution < -0.4 is 9.47 Å². The van der Waals surface area contributed by atoms with Crippen LogP contribution in [0.15, 0.2) is 66.9 Å². The monoisotopic (exact) mass is 648 g/mol. The van der Waals surface area contributed by atoms with Gasteiger partial charge >= 0.3 is 0 Å². The van der Waals surface area contributed by atoms with Crippen molar-refractivity contribution >= 4 is 44.6 Å². The van der Waals surface area contributed by atoms with Gasteiger partial charge in [0.05, 0.1) is 23.7 Å². The van der Waals surface area contributed by atoms with Crippen LogP contribution in [0.2, 0.25) is 0 Å². The van der Waals surface area contributed by atoms with E-state index in [-0.39, 0.29) is 18.6 Å². The van der Waals surface area contributed by atoms with Crippen LogP contribution in [0.4, 0.5) is 0 Å². The first-order valence-electron chi connectivity index (χ1n) is 14.3. The average Bonchev–Trinajstić information content (AvgIpc) is 3.43. The van der Waals surface area contributed by atoms with E-state index in [0.29, 0.717) is 0 Å². The third kappa shape index (κ3) is 4.92. The maximum absolute atomic E-state index is 6.98. The van der Waals surface area contributed by atoms with Gasteiger partial charge in [0.25, 0.3) is 0 Å². The predicted molar refractivity (Wildman–Crippen MR) is 164 cm³/mol. The molecule has 206 valence electrons. The van der Waals surface area contributed by atoms with E-state index in [1.165, 1.54) is 9.14 Å². The minimum absolute atomic E-state index is 0.0250. The Balaban J connectivity index is 1.33. The molecule has 7 rings (SSSR count). The van der Waals surface area contributed by atoms with Crippen LogP contribution in [-0.4, -0.2) is 29.3 Å². The molecule has 4 aromatic rings. The lowest BCUT2D eigenvalue weighted by atomic mass is 9.85. The highest BCUT2D eigenvalue weighted by atomic mass is 127. The first-order valence-corrected chi connectivity index (χ1v) is 15.4. The van der Waals surface area contributed by atoms with Gasteiger partial charge in [-0.3, -0.25) is 0 Å². The Morgan fingerprint density at radius 3 is 2.52 bits per heavy atom. The molecule has 3 unspecified atom stereocenters. The first kappa shape index (κ1) is 26.0. The van der Waals surface area contributed by atoms with E-state index < -0.39 is 0 Å². The third-order valence-corrected chi connectivity index (χ3v) is 8.91. The maximum atomic E-state index is 6.98. The minimum Gasteiger partial charge on any atom is -0.480 e. The molecule has 3 aliphatic heterocycles. The summed E-state index contributed by atoms with van der Waals surface area (Å²) in [5, 5.41) is 5.79. The number of nitrogens with zero attached hydrogens (tertiary/aromatic N) is 2. The lowest BCUT2D eigenvalue weighted by Crippen LogP contribution is -2.25. The standard InChI is InChI=1S/C33H33IN2O4/c1-21-26-15-16-28-27(20-35-36(28)29-9-2-4-17-37-29)33(26)40-32(22-11-13-24(34)14-12-22)31(21)23-7-6-8-25(19-23)39-30-10-3-5-18-38-30/h6-8,11-16,19-20,29-30,32H,2-5,9-10,17-18H2,1H3. The summed E-state index contributed by atoms with van der Waals surface area (Å²) in [4.78, 5) is 0. The van der Waals surface area contributed by atoms with Gasteiger partial charge in [-0.15, -0.1) is 0 Å². The third-order valence-electron chi connectivity index (χ3n) is 8.19. The van der Waals surface area contributed by atoms with Crippen LogP contribution in [0, 0.1) is 3.57 Å². The Morgan fingerprint density at radius 2 is 1.75 bits per heavy atom. The Morgan fingerprint density at radius 1 is 0.925 bits per heavy atom. The Labute approximate surface area is 248 Å². The normalized spacial score (nSPS) is 23.1. The number of ether oxygens (including phenoxy) is 4. The van der Waals surface area contributed by atoms with Crippen LogP contribution in [0.5, 0.6) is 11.5 Å². The molecule has 0 N–H and O–H groups in total. The molecule has 1 aromatic heterocycles. The van der Waals surface area contributed by atoms with Gasteiger partial charge in [-0.05, 0) is 115 Å². The largest absolute Gasteiger partial charge is 0.480 e. The molecule has 0 amide bonds. The van der Waals surface area contributed by atoms with E-state index in [9.17, 15) is 0 Å². The van der Waals surface area contributed by atoms with Crippen molar-refractivity contribution in [3.8, 4) is 11.5 Å². The van der Waals surface area contributed by atoms with Gasteiger partial charge in [-0.2, -0.15) is 5.10 Å². The molecule has 2 fully saturated rings. The molecular formula is C33H33IN2O4. The molecule has 0 spiro atoms. The quantitative estimate of drug-likeness (QED) is 0.204. The van der Waals surface area contributed by atoms with Crippen LogP contribution in [0.25, 0.3) is 22.0 Å². The van der Waals surface area contributed by atoms with Crippen molar-refractivity contribution in [2.75, 3.05) is 13.2 Å². The molecule has 40 heavy (non-hydrogen) atoms. The number of fused-ring (bicyclic) bond motifs is 3. The van der Waals surface area contributed by atoms with Crippen molar-refractivity contribution in [2.24, 2.45) is 0 Å². The number of rotatable bonds is 5. The Hall–Kier alpha value is -2.88. The van der Waals surface area contributed by atoms with Gasteiger partial charge < -0.3 is 18.9 Å². The van der Waals surface area contributed by atoms with Gasteiger partial charge in [-0.25, -0.2) is 4.68 Å². The molecule has 0 bridgehead atoms. The van der Waals surface area contributed by atoms with E-state index in [4.69, 9.17) is 24.0 Å². The van der Waals surface area contributed by atoms with Crippen LogP contribution in [0.1, 0.15) is 74.5 Å². The van der Waals surface area contributed by atoms with E-state index in [2.05, 4.69) is 84.1 Å². The van der Waals surface area contributed by atoms with Crippen LogP contribution in [0.3, 0.4) is 0 Å². The fourth-order valence-electron chi connectivity index (χ4n) is 6.12. The molecule has 0 radical (unpaired) electrons. The molecule has 4 heterocycles. The van der Waals surface area contributed by atoms with E-state index >= 15 is 0 Å². The fourth-order valence-corrected chi connectivity index (χ4v) is 6.48. The molecule has 3 aromatic carbocycles. The highest BCUT2D eigenvalue weighted by Crippen LogP contribution is 2.49. The van der Waals surface area contributed by atoms with Crippen molar-refractivity contribution < 1.29 is 18.9 Å². The summed E-state index contributed by atoms with van der Waals surface area (Å²) in [7, 11) is 0. The van der Waals surface area contributed by atoms with E-state index in [1.54, 1.807) is 0 Å². The van der Waals surface area contributed by atoms with Gasteiger partial charge in [-0.1, -0.05) is 24.3 Å². The van der Waals surface area contributed by atoms with Gasteiger partial charge in [0.2, 0.25) is 0 Å². The average molecular weight is 649 g/mol. The van der Waals surface area contributed by atoms with Crippen LogP contribution >= 0.6 is 22.6 Å². The second kappa shape index (κ2) is 11.2. The number of hydrogen-bond donors (Lipinski definition) is 0. The maximum Gasteiger partial charge on any atom is 0.199 e. The smallest absolute Gasteiger partial charge is 0.199 e. The fraction of sp³-hybridized carbons (Fsp3) is 0.364. The van der Waals surface area contributed by atoms with Crippen molar-refractivity contribution in [3.05, 3.63) is 87.1 Å². The van der Waals surface area contributed by atoms with Crippen molar-refractivity contribution in [3.63, 3.8) is 0 Å². The minimum atomic E-state index is -0.273. The van der Waals surface area contributed by atoms with E-state index in [1.807, 2.05) is 16.9 Å². The number of allylic oxidation sites excluding steroid dienone is 1. The summed E-state index contributed by atoms with van der Waals surface area (Å²) < 4.78 is 28.4. The SMILES string of the molecule is CC1=C(c2cccc(OC3CCCCO3)c2)C(c2ccc(I)cc2)Oc2c1ccc1c2cnn1C1CCCCO1. The topological polar surface area (TPSA) is 54.7 Å². The second-order valence-corrected chi connectivity index (χ2v) is 12.1. The van der Waals surface area contributed by atoms with E-state index in [0.717, 1.165) is 96.4 Å². The predicted octanol–water partition coefficient (Wildman–Crippen LogP) is 8.31. The zero-order valence-corrected chi connectivity index (χ0v) is 24.8. The Bertz CT molecular complexity index is 1550. The molecule has 7 heteroatoms. The first-order chi connectivity index (χ1) is 19.7. The van der Waals surface area contributed by atoms with Crippen molar-refractivity contribution in [1.82, 2.24) is 9.78 Å². The molecule has 3 aliphatic rings. The highest BCUT2D eigenvalue weighted by Gasteiger charge is 2.32. The molecule has 3 atom stereocenters. The molecule has 6 nitrogen and oxygen atoms in total. The zero-order chi connectivity index (χ0) is 27.1. The highest BCUT2D eigenvalue weighted by molar-refractivity contribution is 14.1. The summed E-state index contributed by atoms with van der Waals surface area (Å²) in [5.74, 6) is 1.70. The zero-order valence-electron chi connectivity index (χ0n) is 22.6. The number of halogens is 1. The van der Waals surface area contributed by atoms with Crippen molar-refractivity contribution in [1.29, 1.82) is 0 Å². The summed E-state index contributed by atoms with van der Waals surface area (Å²) in [6, 6.07) is 21.3. The Kier molecular flexibility index (Phi) is 7.28. The molecular weight excluding hydrogens is 615 g/mol. The van der Waals surface area contributed by atoms with Crippen molar-refractivity contribution in [2.45, 2.75) is 64.1 Å². The summed E-state index contributed by atoms with van der Waals surface area (Å²) in [6.07, 6.45) is 7.85. The summed E-state index contributed by atoms with van der Waals surface area (Å²) in [5.41, 5.74) is 6.68. The number of benzene rings is 3. The number of aromatic nitrogens is 2. The molecule has 2 saturated heterocycles. The second-order valence-electron chi connectivity index (χ2n) is 10.8. The van der Waals surface area contributed by atoms with Gasteiger partial charge in [0.15, 0.2) is 12.5 Å². The van der Waals surface area contributed by atoms with Gasteiger partial charge in [0.1, 0.15) is 17.6 Å². The lowest BCUT2D eigenvalue weighted by molar-refractivity contribution is -0.105. The lowest BCUT2D eigenvalue weighted by Gasteiger charge is -2.32. The molecule has 0 saturated carbocycles.